The smallest absolute Gasteiger partial charge is 0.251 e. The highest BCUT2D eigenvalue weighted by atomic mass is 127. The molecule has 0 saturated carbocycles. The molecule has 0 aliphatic rings. The van der Waals surface area contributed by atoms with Crippen LogP contribution in [-0.2, 0) is 6.54 Å². The van der Waals surface area contributed by atoms with Crippen molar-refractivity contribution < 1.29 is 9.90 Å². The molecule has 0 aliphatic heterocycles. The summed E-state index contributed by atoms with van der Waals surface area (Å²) < 4.78 is 0. The number of guanidine groups is 1. The Hall–Kier alpha value is -1.35. The first-order valence-electron chi connectivity index (χ1n) is 9.08. The Morgan fingerprint density at radius 3 is 2.38 bits per heavy atom. The molecule has 6 nitrogen and oxygen atoms in total. The number of nitrogens with zero attached hydrogens (tertiary/aromatic N) is 1. The molecule has 1 unspecified atom stereocenters. The molecule has 0 saturated heterocycles. The Labute approximate surface area is 174 Å². The third-order valence-electron chi connectivity index (χ3n) is 4.00. The highest BCUT2D eigenvalue weighted by Crippen LogP contribution is 2.09. The lowest BCUT2D eigenvalue weighted by Crippen LogP contribution is -2.40. The number of amides is 1. The first kappa shape index (κ1) is 24.7. The van der Waals surface area contributed by atoms with Crippen LogP contribution in [-0.4, -0.2) is 43.7 Å². The van der Waals surface area contributed by atoms with Gasteiger partial charge in [-0.3, -0.25) is 4.79 Å². The van der Waals surface area contributed by atoms with E-state index in [0.29, 0.717) is 18.0 Å². The Balaban J connectivity index is 0.00000625. The van der Waals surface area contributed by atoms with E-state index in [2.05, 4.69) is 27.9 Å². The average Bonchev–Trinajstić information content (AvgIpc) is 2.64. The van der Waals surface area contributed by atoms with Gasteiger partial charge in [0.15, 0.2) is 5.96 Å². The van der Waals surface area contributed by atoms with Crippen molar-refractivity contribution in [1.82, 2.24) is 16.0 Å². The molecule has 1 aromatic rings. The topological polar surface area (TPSA) is 85.8 Å². The quantitative estimate of drug-likeness (QED) is 0.238. The van der Waals surface area contributed by atoms with Crippen LogP contribution in [0, 0.1) is 5.92 Å². The minimum Gasteiger partial charge on any atom is -0.396 e. The van der Waals surface area contributed by atoms with Crippen LogP contribution < -0.4 is 16.0 Å². The molecule has 7 heteroatoms. The molecule has 4 N–H and O–H groups in total. The lowest BCUT2D eigenvalue weighted by atomic mass is 10.0. The fourth-order valence-electron chi connectivity index (χ4n) is 2.60. The van der Waals surface area contributed by atoms with Crippen molar-refractivity contribution in [3.8, 4) is 0 Å². The molecule has 26 heavy (non-hydrogen) atoms. The zero-order chi connectivity index (χ0) is 18.5. The van der Waals surface area contributed by atoms with Gasteiger partial charge in [-0.2, -0.15) is 0 Å². The van der Waals surface area contributed by atoms with Gasteiger partial charge in [0.05, 0.1) is 6.54 Å². The van der Waals surface area contributed by atoms with E-state index in [9.17, 15) is 4.79 Å². The molecule has 148 valence electrons. The van der Waals surface area contributed by atoms with E-state index in [1.807, 2.05) is 31.2 Å². The third-order valence-corrected chi connectivity index (χ3v) is 4.00. The number of hydrogen-bond acceptors (Lipinski definition) is 3. The van der Waals surface area contributed by atoms with Crippen molar-refractivity contribution >= 4 is 35.8 Å². The number of aliphatic hydroxyl groups is 1. The molecule has 0 aromatic heterocycles. The Bertz CT molecular complexity index is 529. The molecular weight excluding hydrogens is 443 g/mol. The molecule has 0 radical (unpaired) electrons. The minimum atomic E-state index is -0.0871. The fourth-order valence-corrected chi connectivity index (χ4v) is 2.60. The van der Waals surface area contributed by atoms with Crippen LogP contribution in [0.3, 0.4) is 0 Å². The average molecular weight is 476 g/mol. The second kappa shape index (κ2) is 14.8. The minimum absolute atomic E-state index is 0. The van der Waals surface area contributed by atoms with Gasteiger partial charge in [0.2, 0.25) is 0 Å². The maximum absolute atomic E-state index is 11.6. The molecule has 0 spiro atoms. The first-order chi connectivity index (χ1) is 12.1. The molecule has 0 bridgehead atoms. The zero-order valence-electron chi connectivity index (χ0n) is 16.0. The van der Waals surface area contributed by atoms with E-state index in [1.54, 1.807) is 7.05 Å². The summed E-state index contributed by atoms with van der Waals surface area (Å²) >= 11 is 0. The van der Waals surface area contributed by atoms with E-state index in [1.165, 1.54) is 0 Å². The molecule has 1 atom stereocenters. The summed E-state index contributed by atoms with van der Waals surface area (Å²) in [7, 11) is 1.62. The van der Waals surface area contributed by atoms with Gasteiger partial charge in [-0.15, -0.1) is 24.0 Å². The van der Waals surface area contributed by atoms with Gasteiger partial charge >= 0.3 is 0 Å². The van der Waals surface area contributed by atoms with E-state index < -0.39 is 0 Å². The van der Waals surface area contributed by atoms with Crippen LogP contribution in [0.1, 0.15) is 49.0 Å². The molecule has 1 aromatic carbocycles. The molecule has 0 aliphatic carbocycles. The normalized spacial score (nSPS) is 12.1. The molecular formula is C19H33IN4O2. The van der Waals surface area contributed by atoms with Crippen molar-refractivity contribution in [1.29, 1.82) is 0 Å². The second-order valence-electron chi connectivity index (χ2n) is 6.02. The van der Waals surface area contributed by atoms with Crippen LogP contribution in [0.2, 0.25) is 0 Å². The van der Waals surface area contributed by atoms with Crippen LogP contribution in [0.25, 0.3) is 0 Å². The van der Waals surface area contributed by atoms with Gasteiger partial charge in [-0.1, -0.05) is 25.5 Å². The number of benzene rings is 1. The van der Waals surface area contributed by atoms with Crippen LogP contribution in [0.15, 0.2) is 29.3 Å². The fraction of sp³-hybridized carbons (Fsp3) is 0.579. The lowest BCUT2D eigenvalue weighted by molar-refractivity contribution is 0.0963. The van der Waals surface area contributed by atoms with Gasteiger partial charge in [-0.05, 0) is 43.4 Å². The van der Waals surface area contributed by atoms with Crippen molar-refractivity contribution in [3.63, 3.8) is 0 Å². The number of nitrogens with one attached hydrogen (secondary N) is 3. The SMILES string of the molecule is CCCC(CCO)CNC(=NCc1ccc(C(=O)NC)cc1)NCC.I. The maximum atomic E-state index is 11.6. The van der Waals surface area contributed by atoms with Gasteiger partial charge in [0.1, 0.15) is 0 Å². The monoisotopic (exact) mass is 476 g/mol. The number of rotatable bonds is 10. The predicted octanol–water partition coefficient (Wildman–Crippen LogP) is 2.52. The van der Waals surface area contributed by atoms with Crippen LogP contribution in [0.5, 0.6) is 0 Å². The second-order valence-corrected chi connectivity index (χ2v) is 6.02. The third kappa shape index (κ3) is 9.38. The number of carbonyl (C=O) groups is 1. The summed E-state index contributed by atoms with van der Waals surface area (Å²) in [6.07, 6.45) is 3.01. The summed E-state index contributed by atoms with van der Waals surface area (Å²) in [5.74, 6) is 1.14. The van der Waals surface area contributed by atoms with E-state index in [-0.39, 0.29) is 36.5 Å². The summed E-state index contributed by atoms with van der Waals surface area (Å²) in [5.41, 5.74) is 1.69. The predicted molar refractivity (Wildman–Crippen MR) is 118 cm³/mol. The highest BCUT2D eigenvalue weighted by molar-refractivity contribution is 14.0. The molecule has 0 heterocycles. The van der Waals surface area contributed by atoms with Crippen molar-refractivity contribution in [2.45, 2.75) is 39.7 Å². The van der Waals surface area contributed by atoms with Gasteiger partial charge < -0.3 is 21.1 Å². The molecule has 1 rings (SSSR count). The summed E-state index contributed by atoms with van der Waals surface area (Å²) in [4.78, 5) is 16.2. The van der Waals surface area contributed by atoms with Crippen molar-refractivity contribution in [2.24, 2.45) is 10.9 Å². The zero-order valence-corrected chi connectivity index (χ0v) is 18.4. The maximum Gasteiger partial charge on any atom is 0.251 e. The molecule has 0 fully saturated rings. The summed E-state index contributed by atoms with van der Waals surface area (Å²) in [6.45, 7) is 6.55. The highest BCUT2D eigenvalue weighted by Gasteiger charge is 2.08. The number of halogens is 1. The van der Waals surface area contributed by atoms with Gasteiger partial charge in [0.25, 0.3) is 5.91 Å². The Kier molecular flexibility index (Phi) is 14.0. The lowest BCUT2D eigenvalue weighted by Gasteiger charge is -2.18. The largest absolute Gasteiger partial charge is 0.396 e. The Morgan fingerprint density at radius 2 is 1.85 bits per heavy atom. The van der Waals surface area contributed by atoms with Crippen molar-refractivity contribution in [3.05, 3.63) is 35.4 Å². The van der Waals surface area contributed by atoms with Crippen LogP contribution in [0.4, 0.5) is 0 Å². The number of aliphatic hydroxyl groups excluding tert-OH is 1. The first-order valence-corrected chi connectivity index (χ1v) is 9.08. The van der Waals surface area contributed by atoms with Gasteiger partial charge in [0, 0.05) is 32.3 Å². The molecule has 1 amide bonds. The summed E-state index contributed by atoms with van der Waals surface area (Å²) in [5, 5.41) is 18.4. The van der Waals surface area contributed by atoms with E-state index in [0.717, 1.165) is 43.9 Å². The van der Waals surface area contributed by atoms with Crippen molar-refractivity contribution in [2.75, 3.05) is 26.7 Å². The van der Waals surface area contributed by atoms with E-state index >= 15 is 0 Å². The number of aliphatic imine (C=N–C) groups is 1. The summed E-state index contributed by atoms with van der Waals surface area (Å²) in [6, 6.07) is 7.46. The standard InChI is InChI=1S/C19H32N4O2.HI/c1-4-6-15(11-12-24)13-22-19(21-5-2)23-14-16-7-9-17(10-8-16)18(25)20-3;/h7-10,15,24H,4-6,11-14H2,1-3H3,(H,20,25)(H2,21,22,23);1H. The van der Waals surface area contributed by atoms with Crippen LogP contribution >= 0.6 is 24.0 Å². The Morgan fingerprint density at radius 1 is 1.15 bits per heavy atom. The number of carbonyl (C=O) groups excluding carboxylic acids is 1. The van der Waals surface area contributed by atoms with Gasteiger partial charge in [-0.25, -0.2) is 4.99 Å². The number of hydrogen-bond donors (Lipinski definition) is 4. The van der Waals surface area contributed by atoms with E-state index in [4.69, 9.17) is 5.11 Å².